The van der Waals surface area contributed by atoms with Crippen LogP contribution < -0.4 is 4.90 Å². The van der Waals surface area contributed by atoms with Crippen molar-refractivity contribution in [3.63, 3.8) is 0 Å². The summed E-state index contributed by atoms with van der Waals surface area (Å²) < 4.78 is 0. The lowest BCUT2D eigenvalue weighted by Gasteiger charge is -2.35. The number of hydrogen-bond donors (Lipinski definition) is 0. The highest BCUT2D eigenvalue weighted by Crippen LogP contribution is 2.56. The highest BCUT2D eigenvalue weighted by molar-refractivity contribution is 6.30. The number of nitriles is 2. The van der Waals surface area contributed by atoms with Crippen LogP contribution in [0.15, 0.2) is 97.1 Å². The highest BCUT2D eigenvalue weighted by Gasteiger charge is 2.63. The van der Waals surface area contributed by atoms with Gasteiger partial charge in [-0.05, 0) is 40.1 Å². The van der Waals surface area contributed by atoms with Gasteiger partial charge in [-0.15, -0.1) is 0 Å². The van der Waals surface area contributed by atoms with E-state index in [1.807, 2.05) is 89.8 Å². The number of carbonyl (C=O) groups excluding carboxylic acids is 1. The molecule has 1 saturated heterocycles. The van der Waals surface area contributed by atoms with Crippen LogP contribution in [0.3, 0.4) is 0 Å². The van der Waals surface area contributed by atoms with E-state index in [1.54, 1.807) is 18.2 Å². The number of halogens is 1. The van der Waals surface area contributed by atoms with Gasteiger partial charge in [0.25, 0.3) is 0 Å². The molecule has 0 radical (unpaired) electrons. The monoisotopic (exact) mass is 485 g/mol. The summed E-state index contributed by atoms with van der Waals surface area (Å²) in [5.74, 6) is -0.815. The van der Waals surface area contributed by atoms with Crippen LogP contribution in [0.4, 0.5) is 5.69 Å². The van der Waals surface area contributed by atoms with Gasteiger partial charge in [0.1, 0.15) is 6.04 Å². The van der Waals surface area contributed by atoms with Crippen LogP contribution in [0.5, 0.6) is 0 Å². The maximum atomic E-state index is 14.3. The van der Waals surface area contributed by atoms with E-state index in [2.05, 4.69) is 12.1 Å². The number of nitrogens with zero attached hydrogens (tertiary/aromatic N) is 3. The lowest BCUT2D eigenvalue weighted by molar-refractivity contribution is 0.0951. The summed E-state index contributed by atoms with van der Waals surface area (Å²) in [6.07, 6.45) is 3.78. The molecule has 1 fully saturated rings. The van der Waals surface area contributed by atoms with Gasteiger partial charge >= 0.3 is 0 Å². The van der Waals surface area contributed by atoms with Crippen LogP contribution in [-0.2, 0) is 0 Å². The van der Waals surface area contributed by atoms with E-state index in [0.717, 1.165) is 27.6 Å². The quantitative estimate of drug-likeness (QED) is 0.300. The van der Waals surface area contributed by atoms with Crippen molar-refractivity contribution in [2.45, 2.75) is 18.0 Å². The van der Waals surface area contributed by atoms with Crippen molar-refractivity contribution in [1.29, 1.82) is 10.5 Å². The summed E-state index contributed by atoms with van der Waals surface area (Å²) in [6, 6.07) is 31.8. The standard InChI is InChI=1S/C31H20ClN3O/c32-23-14-15-26-22(17-23)13-16-27-31(18-33,19-34)28(25-12-6-10-20-7-4-5-11-24(20)25)29(35(26)27)30(36)21-8-2-1-3-9-21/h1-17,27-29H/t27-,28-,29-/m1/s1. The molecule has 0 aromatic heterocycles. The van der Waals surface area contributed by atoms with Gasteiger partial charge in [-0.25, -0.2) is 0 Å². The van der Waals surface area contributed by atoms with Gasteiger partial charge in [0.05, 0.1) is 18.2 Å². The van der Waals surface area contributed by atoms with Crippen LogP contribution in [0, 0.1) is 28.1 Å². The summed E-state index contributed by atoms with van der Waals surface area (Å²) in [6.45, 7) is 0. The molecule has 3 atom stereocenters. The first-order valence-electron chi connectivity index (χ1n) is 11.7. The summed E-state index contributed by atoms with van der Waals surface area (Å²) in [4.78, 5) is 16.3. The largest absolute Gasteiger partial charge is 0.351 e. The Morgan fingerprint density at radius 3 is 2.39 bits per heavy atom. The van der Waals surface area contributed by atoms with Gasteiger partial charge in [0.15, 0.2) is 11.2 Å². The van der Waals surface area contributed by atoms with Crippen molar-refractivity contribution < 1.29 is 4.79 Å². The summed E-state index contributed by atoms with van der Waals surface area (Å²) in [7, 11) is 0. The Hall–Kier alpha value is -4.38. The molecule has 36 heavy (non-hydrogen) atoms. The molecule has 2 aliphatic rings. The molecule has 0 saturated carbocycles. The molecule has 0 unspecified atom stereocenters. The lowest BCUT2D eigenvalue weighted by atomic mass is 9.68. The van der Waals surface area contributed by atoms with Gasteiger partial charge in [-0.1, -0.05) is 96.5 Å². The van der Waals surface area contributed by atoms with Crippen molar-refractivity contribution in [2.24, 2.45) is 5.41 Å². The van der Waals surface area contributed by atoms with Gasteiger partial charge in [0.2, 0.25) is 0 Å². The molecule has 0 N–H and O–H groups in total. The Labute approximate surface area is 214 Å². The van der Waals surface area contributed by atoms with Crippen LogP contribution >= 0.6 is 11.6 Å². The van der Waals surface area contributed by atoms with Crippen molar-refractivity contribution in [3.8, 4) is 12.1 Å². The van der Waals surface area contributed by atoms with Crippen molar-refractivity contribution in [2.75, 3.05) is 4.90 Å². The van der Waals surface area contributed by atoms with E-state index < -0.39 is 23.4 Å². The zero-order valence-electron chi connectivity index (χ0n) is 19.2. The first kappa shape index (κ1) is 22.1. The SMILES string of the molecule is N#CC1(C#N)[C@H](c2cccc3ccccc23)[C@H](C(=O)c2ccccc2)N2c3ccc(Cl)cc3C=C[C@@H]21. The molecule has 2 aliphatic heterocycles. The molecule has 0 aliphatic carbocycles. The second kappa shape index (κ2) is 8.38. The third-order valence-electron chi connectivity index (χ3n) is 7.45. The fraction of sp³-hybridized carbons (Fsp3) is 0.129. The van der Waals surface area contributed by atoms with E-state index in [4.69, 9.17) is 11.6 Å². The Kier molecular flexibility index (Phi) is 5.15. The summed E-state index contributed by atoms with van der Waals surface area (Å²) >= 11 is 6.29. The third-order valence-corrected chi connectivity index (χ3v) is 7.69. The summed E-state index contributed by atoms with van der Waals surface area (Å²) in [5.41, 5.74) is 1.52. The number of benzene rings is 4. The maximum Gasteiger partial charge on any atom is 0.185 e. The van der Waals surface area contributed by atoms with Gasteiger partial charge < -0.3 is 4.90 Å². The molecular weight excluding hydrogens is 466 g/mol. The average molecular weight is 486 g/mol. The fourth-order valence-corrected chi connectivity index (χ4v) is 6.08. The number of carbonyl (C=O) groups is 1. The highest BCUT2D eigenvalue weighted by atomic mass is 35.5. The number of rotatable bonds is 3. The van der Waals surface area contributed by atoms with Crippen LogP contribution in [0.1, 0.15) is 27.4 Å². The van der Waals surface area contributed by atoms with E-state index in [0.29, 0.717) is 10.6 Å². The minimum atomic E-state index is -1.49. The normalized spacial score (nSPS) is 21.3. The molecule has 0 spiro atoms. The molecule has 172 valence electrons. The first-order chi connectivity index (χ1) is 17.6. The lowest BCUT2D eigenvalue weighted by Crippen LogP contribution is -2.44. The molecular formula is C31H20ClN3O. The predicted molar refractivity (Wildman–Crippen MR) is 142 cm³/mol. The Balaban J connectivity index is 1.68. The zero-order valence-corrected chi connectivity index (χ0v) is 19.9. The van der Waals surface area contributed by atoms with Crippen molar-refractivity contribution in [1.82, 2.24) is 0 Å². The molecule has 4 nitrogen and oxygen atoms in total. The van der Waals surface area contributed by atoms with Crippen LogP contribution in [0.25, 0.3) is 16.8 Å². The second-order valence-electron chi connectivity index (χ2n) is 9.23. The fourth-order valence-electron chi connectivity index (χ4n) is 5.90. The van der Waals surface area contributed by atoms with Crippen molar-refractivity contribution in [3.05, 3.63) is 119 Å². The molecule has 4 aromatic carbocycles. The molecule has 0 bridgehead atoms. The number of anilines is 1. The van der Waals surface area contributed by atoms with E-state index in [-0.39, 0.29) is 5.78 Å². The van der Waals surface area contributed by atoms with Gasteiger partial charge in [0, 0.05) is 22.2 Å². The molecule has 6 rings (SSSR count). The predicted octanol–water partition coefficient (Wildman–Crippen LogP) is 6.78. The number of fused-ring (bicyclic) bond motifs is 4. The molecule has 0 amide bonds. The number of Topliss-reactive ketones (excluding diaryl/α,β-unsaturated/α-hetero) is 1. The third kappa shape index (κ3) is 3.09. The van der Waals surface area contributed by atoms with Gasteiger partial charge in [-0.2, -0.15) is 10.5 Å². The minimum absolute atomic E-state index is 0.123. The Morgan fingerprint density at radius 1 is 0.889 bits per heavy atom. The smallest absolute Gasteiger partial charge is 0.185 e. The van der Waals surface area contributed by atoms with Crippen LogP contribution in [0.2, 0.25) is 5.02 Å². The molecule has 2 heterocycles. The average Bonchev–Trinajstić information content (AvgIpc) is 3.23. The second-order valence-corrected chi connectivity index (χ2v) is 9.66. The van der Waals surface area contributed by atoms with Crippen molar-refractivity contribution >= 4 is 39.9 Å². The maximum absolute atomic E-state index is 14.3. The number of hydrogen-bond acceptors (Lipinski definition) is 4. The summed E-state index contributed by atoms with van der Waals surface area (Å²) in [5, 5.41) is 23.8. The number of ketones is 1. The Morgan fingerprint density at radius 2 is 1.61 bits per heavy atom. The van der Waals surface area contributed by atoms with E-state index in [1.165, 1.54) is 0 Å². The minimum Gasteiger partial charge on any atom is -0.351 e. The molecule has 5 heteroatoms. The van der Waals surface area contributed by atoms with Gasteiger partial charge in [-0.3, -0.25) is 4.79 Å². The Bertz CT molecular complexity index is 1610. The first-order valence-corrected chi connectivity index (χ1v) is 12.1. The zero-order chi connectivity index (χ0) is 24.9. The van der Waals surface area contributed by atoms with E-state index in [9.17, 15) is 15.3 Å². The molecule has 4 aromatic rings. The topological polar surface area (TPSA) is 67.9 Å². The van der Waals surface area contributed by atoms with Crippen LogP contribution in [-0.4, -0.2) is 17.9 Å². The van der Waals surface area contributed by atoms with E-state index >= 15 is 0 Å².